The summed E-state index contributed by atoms with van der Waals surface area (Å²) in [5.41, 5.74) is 0.718. The summed E-state index contributed by atoms with van der Waals surface area (Å²) in [4.78, 5) is 18.1. The number of hydrogen-bond acceptors (Lipinski definition) is 4. The molecule has 0 spiro atoms. The van der Waals surface area contributed by atoms with Crippen LogP contribution < -0.4 is 0 Å². The lowest BCUT2D eigenvalue weighted by Crippen LogP contribution is -2.43. The van der Waals surface area contributed by atoms with Crippen molar-refractivity contribution in [2.24, 2.45) is 0 Å². The molecule has 6 heteroatoms. The zero-order chi connectivity index (χ0) is 16.2. The molecule has 4 nitrogen and oxygen atoms in total. The molecule has 0 bridgehead atoms. The number of thioether (sulfide) groups is 1. The molecule has 22 heavy (non-hydrogen) atoms. The molecule has 1 aromatic heterocycles. The van der Waals surface area contributed by atoms with Gasteiger partial charge in [-0.2, -0.15) is 11.8 Å². The molecule has 1 saturated heterocycles. The molecule has 1 fully saturated rings. The number of ether oxygens (including phenoxy) is 1. The minimum Gasteiger partial charge on any atom is -0.444 e. The molecule has 1 amide bonds. The van der Waals surface area contributed by atoms with Crippen LogP contribution in [-0.2, 0) is 10.5 Å². The predicted molar refractivity (Wildman–Crippen MR) is 91.4 cm³/mol. The Kier molecular flexibility index (Phi) is 5.98. The largest absolute Gasteiger partial charge is 0.444 e. The van der Waals surface area contributed by atoms with E-state index in [-0.39, 0.29) is 6.09 Å². The van der Waals surface area contributed by atoms with Gasteiger partial charge in [0.15, 0.2) is 0 Å². The molecule has 0 unspecified atom stereocenters. The molecule has 1 aliphatic heterocycles. The van der Waals surface area contributed by atoms with Crippen molar-refractivity contribution in [3.8, 4) is 0 Å². The third kappa shape index (κ3) is 5.69. The zero-order valence-corrected chi connectivity index (χ0v) is 14.9. The SMILES string of the molecule is CC(C)(C)OC(=O)N1CCC[C@H](SCc2ccc(Cl)nc2)C1. The molecule has 0 N–H and O–H groups in total. The monoisotopic (exact) mass is 342 g/mol. The van der Waals surface area contributed by atoms with E-state index in [0.29, 0.717) is 10.4 Å². The van der Waals surface area contributed by atoms with Crippen LogP contribution in [0.1, 0.15) is 39.2 Å². The van der Waals surface area contributed by atoms with E-state index in [1.807, 2.05) is 55.8 Å². The lowest BCUT2D eigenvalue weighted by Gasteiger charge is -2.33. The maximum atomic E-state index is 12.1. The van der Waals surface area contributed by atoms with Gasteiger partial charge in [0, 0.05) is 30.3 Å². The zero-order valence-electron chi connectivity index (χ0n) is 13.3. The summed E-state index contributed by atoms with van der Waals surface area (Å²) in [6.07, 6.45) is 3.76. The third-order valence-corrected chi connectivity index (χ3v) is 4.88. The van der Waals surface area contributed by atoms with Crippen LogP contribution in [0.25, 0.3) is 0 Å². The van der Waals surface area contributed by atoms with Crippen LogP contribution in [0.15, 0.2) is 18.3 Å². The lowest BCUT2D eigenvalue weighted by atomic mass is 10.1. The van der Waals surface area contributed by atoms with Gasteiger partial charge in [-0.25, -0.2) is 9.78 Å². The summed E-state index contributed by atoms with van der Waals surface area (Å²) >= 11 is 7.65. The number of carbonyl (C=O) groups excluding carboxylic acids is 1. The van der Waals surface area contributed by atoms with Crippen molar-refractivity contribution in [2.75, 3.05) is 13.1 Å². The number of pyridine rings is 1. The van der Waals surface area contributed by atoms with Gasteiger partial charge in [0.2, 0.25) is 0 Å². The van der Waals surface area contributed by atoms with Gasteiger partial charge in [-0.3, -0.25) is 0 Å². The predicted octanol–water partition coefficient (Wildman–Crippen LogP) is 4.37. The van der Waals surface area contributed by atoms with Crippen molar-refractivity contribution < 1.29 is 9.53 Å². The molecule has 0 aromatic carbocycles. The Morgan fingerprint density at radius 2 is 2.27 bits per heavy atom. The molecular formula is C16H23ClN2O2S. The minimum absolute atomic E-state index is 0.203. The molecule has 2 rings (SSSR count). The summed E-state index contributed by atoms with van der Waals surface area (Å²) < 4.78 is 5.45. The van der Waals surface area contributed by atoms with Crippen LogP contribution in [0.3, 0.4) is 0 Å². The second-order valence-corrected chi connectivity index (χ2v) is 8.17. The summed E-state index contributed by atoms with van der Waals surface area (Å²) in [7, 11) is 0. The van der Waals surface area contributed by atoms with Crippen molar-refractivity contribution in [2.45, 2.75) is 50.2 Å². The number of piperidine rings is 1. The fourth-order valence-electron chi connectivity index (χ4n) is 2.27. The number of hydrogen-bond donors (Lipinski definition) is 0. The van der Waals surface area contributed by atoms with Crippen molar-refractivity contribution in [1.29, 1.82) is 0 Å². The average Bonchev–Trinajstić information content (AvgIpc) is 2.45. The van der Waals surface area contributed by atoms with E-state index in [1.165, 1.54) is 0 Å². The van der Waals surface area contributed by atoms with Gasteiger partial charge in [0.25, 0.3) is 0 Å². The maximum absolute atomic E-state index is 12.1. The Bertz CT molecular complexity index is 502. The first kappa shape index (κ1) is 17.4. The van der Waals surface area contributed by atoms with Gasteiger partial charge in [-0.05, 0) is 45.2 Å². The molecule has 1 aromatic rings. The first-order valence-electron chi connectivity index (χ1n) is 7.53. The van der Waals surface area contributed by atoms with Gasteiger partial charge in [0.1, 0.15) is 10.8 Å². The first-order chi connectivity index (χ1) is 10.3. The van der Waals surface area contributed by atoms with E-state index in [0.717, 1.165) is 37.2 Å². The number of halogens is 1. The van der Waals surface area contributed by atoms with Crippen LogP contribution in [0.2, 0.25) is 5.15 Å². The van der Waals surface area contributed by atoms with E-state index < -0.39 is 5.60 Å². The molecule has 1 atom stereocenters. The van der Waals surface area contributed by atoms with Gasteiger partial charge >= 0.3 is 6.09 Å². The second kappa shape index (κ2) is 7.55. The highest BCUT2D eigenvalue weighted by Crippen LogP contribution is 2.26. The van der Waals surface area contributed by atoms with Crippen LogP contribution in [0.4, 0.5) is 4.79 Å². The Hall–Kier alpha value is -0.940. The van der Waals surface area contributed by atoms with E-state index in [9.17, 15) is 4.79 Å². The summed E-state index contributed by atoms with van der Waals surface area (Å²) in [6, 6.07) is 3.81. The van der Waals surface area contributed by atoms with E-state index >= 15 is 0 Å². The molecule has 122 valence electrons. The van der Waals surface area contributed by atoms with Gasteiger partial charge in [-0.15, -0.1) is 0 Å². The van der Waals surface area contributed by atoms with Gasteiger partial charge in [-0.1, -0.05) is 17.7 Å². The van der Waals surface area contributed by atoms with E-state index in [4.69, 9.17) is 16.3 Å². The Morgan fingerprint density at radius 1 is 1.50 bits per heavy atom. The lowest BCUT2D eigenvalue weighted by molar-refractivity contribution is 0.0220. The van der Waals surface area contributed by atoms with Crippen molar-refractivity contribution in [3.63, 3.8) is 0 Å². The fourth-order valence-corrected chi connectivity index (χ4v) is 3.60. The van der Waals surface area contributed by atoms with Crippen LogP contribution >= 0.6 is 23.4 Å². The fraction of sp³-hybridized carbons (Fsp3) is 0.625. The van der Waals surface area contributed by atoms with Gasteiger partial charge in [0.05, 0.1) is 0 Å². The smallest absolute Gasteiger partial charge is 0.410 e. The average molecular weight is 343 g/mol. The number of amides is 1. The highest BCUT2D eigenvalue weighted by Gasteiger charge is 2.27. The molecule has 0 saturated carbocycles. The minimum atomic E-state index is -0.438. The van der Waals surface area contributed by atoms with Crippen LogP contribution in [-0.4, -0.2) is 39.9 Å². The molecule has 1 aliphatic rings. The molecule has 0 aliphatic carbocycles. The molecule has 0 radical (unpaired) electrons. The van der Waals surface area contributed by atoms with E-state index in [2.05, 4.69) is 4.98 Å². The van der Waals surface area contributed by atoms with Gasteiger partial charge < -0.3 is 9.64 Å². The highest BCUT2D eigenvalue weighted by atomic mass is 35.5. The summed E-state index contributed by atoms with van der Waals surface area (Å²) in [5.74, 6) is 0.886. The topological polar surface area (TPSA) is 42.4 Å². The summed E-state index contributed by atoms with van der Waals surface area (Å²) in [5, 5.41) is 0.958. The third-order valence-electron chi connectivity index (χ3n) is 3.30. The maximum Gasteiger partial charge on any atom is 0.410 e. The summed E-state index contributed by atoms with van der Waals surface area (Å²) in [6.45, 7) is 7.23. The normalized spacial score (nSPS) is 19.1. The van der Waals surface area contributed by atoms with E-state index in [1.54, 1.807) is 0 Å². The molecule has 2 heterocycles. The van der Waals surface area contributed by atoms with Crippen LogP contribution in [0, 0.1) is 0 Å². The van der Waals surface area contributed by atoms with Crippen molar-refractivity contribution in [1.82, 2.24) is 9.88 Å². The number of carbonyl (C=O) groups is 1. The number of aromatic nitrogens is 1. The van der Waals surface area contributed by atoms with Crippen LogP contribution in [0.5, 0.6) is 0 Å². The quantitative estimate of drug-likeness (QED) is 0.765. The number of rotatable bonds is 3. The first-order valence-corrected chi connectivity index (χ1v) is 8.96. The molecular weight excluding hydrogens is 320 g/mol. The standard InChI is InChI=1S/C16H23ClN2O2S/c1-16(2,3)21-15(20)19-8-4-5-13(10-19)22-11-12-6-7-14(17)18-9-12/h6-7,9,13H,4-5,8,10-11H2,1-3H3/t13-/m0/s1. The number of nitrogens with zero attached hydrogens (tertiary/aromatic N) is 2. The van der Waals surface area contributed by atoms with Crippen molar-refractivity contribution >= 4 is 29.5 Å². The highest BCUT2D eigenvalue weighted by molar-refractivity contribution is 7.99. The van der Waals surface area contributed by atoms with Crippen molar-refractivity contribution in [3.05, 3.63) is 29.0 Å². The Morgan fingerprint density at radius 3 is 2.91 bits per heavy atom. The Labute approximate surface area is 141 Å². The number of likely N-dealkylation sites (tertiary alicyclic amines) is 1. The second-order valence-electron chi connectivity index (χ2n) is 6.49. The Balaban J connectivity index is 1.82.